The first-order chi connectivity index (χ1) is 18.3. The van der Waals surface area contributed by atoms with Crippen molar-refractivity contribution in [3.63, 3.8) is 0 Å². The van der Waals surface area contributed by atoms with Crippen molar-refractivity contribution in [1.29, 1.82) is 0 Å². The molecule has 0 fully saturated rings. The SMILES string of the molecule is Nc1c(N=Nc2cccc(S(=O)(=O)O)c2)c(S(=O)(=O)O)cc2ccc(N=Nc3ccc([N+](=O)[O-])cc3)c(O)c12. The fourth-order valence-electron chi connectivity index (χ4n) is 3.41. The number of fused-ring (bicyclic) bond motifs is 1. The average Bonchev–Trinajstić information content (AvgIpc) is 2.86. The highest BCUT2D eigenvalue weighted by atomic mass is 32.2. The van der Waals surface area contributed by atoms with Crippen molar-refractivity contribution in [3.8, 4) is 5.75 Å². The van der Waals surface area contributed by atoms with E-state index in [0.717, 1.165) is 18.2 Å². The average molecular weight is 573 g/mol. The van der Waals surface area contributed by atoms with E-state index in [4.69, 9.17) is 5.73 Å². The summed E-state index contributed by atoms with van der Waals surface area (Å²) in [6, 6.07) is 13.3. The van der Waals surface area contributed by atoms with Crippen LogP contribution >= 0.6 is 0 Å². The number of nitro benzene ring substituents is 1. The van der Waals surface area contributed by atoms with Crippen molar-refractivity contribution in [1.82, 2.24) is 0 Å². The van der Waals surface area contributed by atoms with Gasteiger partial charge < -0.3 is 10.8 Å². The molecule has 0 amide bonds. The summed E-state index contributed by atoms with van der Waals surface area (Å²) in [4.78, 5) is 8.96. The van der Waals surface area contributed by atoms with E-state index < -0.39 is 52.1 Å². The number of nitrogens with zero attached hydrogens (tertiary/aromatic N) is 5. The van der Waals surface area contributed by atoms with E-state index in [1.165, 1.54) is 48.5 Å². The number of phenols is 1. The molecule has 39 heavy (non-hydrogen) atoms. The first-order valence-electron chi connectivity index (χ1n) is 10.5. The van der Waals surface area contributed by atoms with Crippen LogP contribution in [0.25, 0.3) is 10.8 Å². The Balaban J connectivity index is 1.83. The number of aromatic hydroxyl groups is 1. The van der Waals surface area contributed by atoms with Crippen LogP contribution in [0.5, 0.6) is 5.75 Å². The second-order valence-electron chi connectivity index (χ2n) is 7.79. The summed E-state index contributed by atoms with van der Waals surface area (Å²) in [7, 11) is -9.47. The molecule has 4 aromatic rings. The number of nitrogen functional groups attached to an aromatic ring is 1. The third-order valence-corrected chi connectivity index (χ3v) is 6.94. The van der Waals surface area contributed by atoms with Gasteiger partial charge in [-0.1, -0.05) is 12.1 Å². The Morgan fingerprint density at radius 1 is 0.795 bits per heavy atom. The van der Waals surface area contributed by atoms with Crippen molar-refractivity contribution in [2.75, 3.05) is 5.73 Å². The monoisotopic (exact) mass is 572 g/mol. The number of nitro groups is 1. The van der Waals surface area contributed by atoms with Gasteiger partial charge in [0.25, 0.3) is 25.9 Å². The highest BCUT2D eigenvalue weighted by Crippen LogP contribution is 2.45. The number of azo groups is 2. The first kappa shape index (κ1) is 27.2. The molecule has 0 aromatic heterocycles. The Hall–Kier alpha value is -4.84. The molecule has 0 heterocycles. The zero-order valence-corrected chi connectivity index (χ0v) is 20.9. The van der Waals surface area contributed by atoms with Gasteiger partial charge in [-0.05, 0) is 47.9 Å². The fourth-order valence-corrected chi connectivity index (χ4v) is 4.60. The minimum absolute atomic E-state index is 0.0826. The number of hydrogen-bond donors (Lipinski definition) is 4. The number of anilines is 1. The van der Waals surface area contributed by atoms with Gasteiger partial charge in [-0.2, -0.15) is 27.1 Å². The summed E-state index contributed by atoms with van der Waals surface area (Å²) < 4.78 is 65.9. The van der Waals surface area contributed by atoms with Crippen LogP contribution in [-0.4, -0.2) is 36.0 Å². The minimum Gasteiger partial charge on any atom is -0.505 e. The van der Waals surface area contributed by atoms with E-state index in [2.05, 4.69) is 20.5 Å². The lowest BCUT2D eigenvalue weighted by atomic mass is 10.1. The van der Waals surface area contributed by atoms with Gasteiger partial charge in [-0.25, -0.2) is 0 Å². The molecule has 0 bridgehead atoms. The fraction of sp³-hybridized carbons (Fsp3) is 0. The Bertz CT molecular complexity index is 1910. The number of hydrogen-bond acceptors (Lipinski definition) is 12. The molecule has 200 valence electrons. The van der Waals surface area contributed by atoms with Crippen LogP contribution in [0.2, 0.25) is 0 Å². The van der Waals surface area contributed by atoms with Gasteiger partial charge in [-0.3, -0.25) is 19.2 Å². The van der Waals surface area contributed by atoms with Gasteiger partial charge in [-0.15, -0.1) is 10.2 Å². The van der Waals surface area contributed by atoms with E-state index in [1.807, 2.05) is 0 Å². The Kier molecular flexibility index (Phi) is 7.07. The van der Waals surface area contributed by atoms with Gasteiger partial charge in [0.1, 0.15) is 16.3 Å². The van der Waals surface area contributed by atoms with E-state index in [0.29, 0.717) is 0 Å². The summed E-state index contributed by atoms with van der Waals surface area (Å²) in [5, 5.41) is 37.0. The number of benzene rings is 4. The molecule has 0 aliphatic heterocycles. The number of non-ortho nitro benzene ring substituents is 1. The highest BCUT2D eigenvalue weighted by molar-refractivity contribution is 7.86. The molecule has 0 radical (unpaired) electrons. The lowest BCUT2D eigenvalue weighted by molar-refractivity contribution is -0.384. The van der Waals surface area contributed by atoms with Gasteiger partial charge in [0.05, 0.1) is 32.3 Å². The normalized spacial score (nSPS) is 12.5. The lowest BCUT2D eigenvalue weighted by Crippen LogP contribution is -2.01. The molecule has 4 rings (SSSR count). The molecule has 4 aromatic carbocycles. The second kappa shape index (κ2) is 10.1. The maximum atomic E-state index is 12.1. The van der Waals surface area contributed by atoms with Crippen LogP contribution in [0.1, 0.15) is 0 Å². The molecular formula is C22H16N6O9S2. The number of nitrogens with two attached hydrogens (primary N) is 1. The summed E-state index contributed by atoms with van der Waals surface area (Å²) in [5.74, 6) is -0.526. The van der Waals surface area contributed by atoms with Crippen molar-refractivity contribution in [3.05, 3.63) is 76.8 Å². The molecule has 0 spiro atoms. The smallest absolute Gasteiger partial charge is 0.296 e. The maximum absolute atomic E-state index is 12.1. The zero-order valence-electron chi connectivity index (χ0n) is 19.3. The quantitative estimate of drug-likeness (QED) is 0.0725. The molecule has 0 atom stereocenters. The van der Waals surface area contributed by atoms with Gasteiger partial charge >= 0.3 is 0 Å². The van der Waals surface area contributed by atoms with Crippen LogP contribution in [0.4, 0.5) is 34.1 Å². The third kappa shape index (κ3) is 5.85. The van der Waals surface area contributed by atoms with Crippen LogP contribution < -0.4 is 5.73 Å². The Labute approximate surface area is 219 Å². The highest BCUT2D eigenvalue weighted by Gasteiger charge is 2.23. The third-order valence-electron chi connectivity index (χ3n) is 5.23. The molecule has 15 nitrogen and oxygen atoms in total. The summed E-state index contributed by atoms with van der Waals surface area (Å²) >= 11 is 0. The van der Waals surface area contributed by atoms with Crippen LogP contribution in [0.15, 0.2) is 97.0 Å². The topological polar surface area (TPSA) is 248 Å². The predicted octanol–water partition coefficient (Wildman–Crippen LogP) is 5.36. The van der Waals surface area contributed by atoms with E-state index >= 15 is 0 Å². The van der Waals surface area contributed by atoms with Crippen molar-refractivity contribution < 1.29 is 36.0 Å². The molecule has 0 unspecified atom stereocenters. The van der Waals surface area contributed by atoms with Crippen molar-refractivity contribution in [2.24, 2.45) is 20.5 Å². The lowest BCUT2D eigenvalue weighted by Gasteiger charge is -2.12. The van der Waals surface area contributed by atoms with Gasteiger partial charge in [0.2, 0.25) is 0 Å². The summed E-state index contributed by atoms with van der Waals surface area (Å²) in [6.07, 6.45) is 0. The second-order valence-corrected chi connectivity index (χ2v) is 10.6. The molecule has 0 aliphatic carbocycles. The Morgan fingerprint density at radius 3 is 2.08 bits per heavy atom. The maximum Gasteiger partial charge on any atom is 0.296 e. The minimum atomic E-state index is -4.90. The molecule has 17 heteroatoms. The summed E-state index contributed by atoms with van der Waals surface area (Å²) in [6.45, 7) is 0. The van der Waals surface area contributed by atoms with Crippen LogP contribution in [0.3, 0.4) is 0 Å². The molecule has 0 aliphatic rings. The molecule has 0 saturated heterocycles. The van der Waals surface area contributed by atoms with Gasteiger partial charge in [0.15, 0.2) is 5.75 Å². The largest absolute Gasteiger partial charge is 0.505 e. The van der Waals surface area contributed by atoms with Crippen molar-refractivity contribution >= 4 is 65.1 Å². The molecule has 0 saturated carbocycles. The molecular weight excluding hydrogens is 556 g/mol. The van der Waals surface area contributed by atoms with Gasteiger partial charge in [0, 0.05) is 12.1 Å². The van der Waals surface area contributed by atoms with E-state index in [1.54, 1.807) is 0 Å². The predicted molar refractivity (Wildman–Crippen MR) is 138 cm³/mol. The zero-order chi connectivity index (χ0) is 28.5. The van der Waals surface area contributed by atoms with Crippen molar-refractivity contribution in [2.45, 2.75) is 9.79 Å². The Morgan fingerprint density at radius 2 is 1.46 bits per heavy atom. The van der Waals surface area contributed by atoms with Crippen LogP contribution in [0, 0.1) is 10.1 Å². The number of rotatable bonds is 7. The molecule has 5 N–H and O–H groups in total. The summed E-state index contributed by atoms with van der Waals surface area (Å²) in [5.41, 5.74) is 5.02. The van der Waals surface area contributed by atoms with Crippen LogP contribution in [-0.2, 0) is 20.2 Å². The number of phenolic OH excluding ortho intramolecular Hbond substituents is 1. The first-order valence-corrected chi connectivity index (χ1v) is 13.3. The van der Waals surface area contributed by atoms with E-state index in [9.17, 15) is 41.2 Å². The van der Waals surface area contributed by atoms with E-state index in [-0.39, 0.29) is 33.5 Å². The standard InChI is InChI=1S/C22H16N6O9S2/c23-20-19-12(4-9-17(22(19)29)26-24-13-5-7-15(8-6-13)28(30)31)10-18(39(35,36)37)21(20)27-25-14-2-1-3-16(11-14)38(32,33)34/h1-11,29H,23H2,(H,32,33,34)(H,35,36,37).